The molecule has 41 heavy (non-hydrogen) atoms. The molecule has 0 aliphatic carbocycles. The fourth-order valence-corrected chi connectivity index (χ4v) is 6.09. The van der Waals surface area contributed by atoms with E-state index in [1.807, 2.05) is 13.8 Å². The van der Waals surface area contributed by atoms with Gasteiger partial charge in [-0.05, 0) is 56.4 Å². The first-order valence-electron chi connectivity index (χ1n) is 13.1. The third-order valence-electron chi connectivity index (χ3n) is 6.20. The summed E-state index contributed by atoms with van der Waals surface area (Å²) in [5, 5.41) is 15.6. The van der Waals surface area contributed by atoms with Crippen molar-refractivity contribution >= 4 is 48.1 Å². The number of fused-ring (bicyclic) bond motifs is 1. The van der Waals surface area contributed by atoms with E-state index >= 15 is 0 Å². The molecule has 0 radical (unpaired) electrons. The normalized spacial score (nSPS) is 12.7. The number of carboxylic acid groups (broad SMARTS) is 1. The number of amides is 1. The Labute approximate surface area is 238 Å². The van der Waals surface area contributed by atoms with Crippen molar-refractivity contribution in [3.05, 3.63) is 41.7 Å². The highest BCUT2D eigenvalue weighted by Crippen LogP contribution is 2.50. The van der Waals surface area contributed by atoms with Crippen molar-refractivity contribution in [1.82, 2.24) is 25.3 Å². The summed E-state index contributed by atoms with van der Waals surface area (Å²) in [5.74, 6) is -1.53. The first-order chi connectivity index (χ1) is 19.3. The molecular weight excluding hydrogens is 551 g/mol. The largest absolute Gasteiger partial charge is 0.480 e. The van der Waals surface area contributed by atoms with E-state index in [0.717, 1.165) is 0 Å². The maximum atomic E-state index is 12.9. The number of benzene rings is 1. The zero-order valence-electron chi connectivity index (χ0n) is 23.6. The van der Waals surface area contributed by atoms with E-state index in [1.165, 1.54) is 0 Å². The Morgan fingerprint density at radius 1 is 1.07 bits per heavy atom. The van der Waals surface area contributed by atoms with Crippen molar-refractivity contribution in [2.45, 2.75) is 53.1 Å². The van der Waals surface area contributed by atoms with Crippen molar-refractivity contribution in [2.75, 3.05) is 36.2 Å². The summed E-state index contributed by atoms with van der Waals surface area (Å²) in [4.78, 5) is 41.4. The molecule has 0 bridgehead atoms. The highest BCUT2D eigenvalue weighted by Gasteiger charge is 2.33. The van der Waals surface area contributed by atoms with Crippen molar-refractivity contribution in [2.24, 2.45) is 5.41 Å². The molecule has 222 valence electrons. The Kier molecular flexibility index (Phi) is 10.5. The van der Waals surface area contributed by atoms with Crippen molar-refractivity contribution in [3.8, 4) is 0 Å². The molecule has 0 aliphatic rings. The van der Waals surface area contributed by atoms with Crippen LogP contribution in [0.2, 0.25) is 0 Å². The molecule has 14 nitrogen and oxygen atoms in total. The molecule has 0 aliphatic heterocycles. The third kappa shape index (κ3) is 9.07. The number of nitrogens with zero attached hydrogens (tertiary/aromatic N) is 4. The fourth-order valence-electron chi connectivity index (χ4n) is 4.10. The number of hydrogen-bond acceptors (Lipinski definition) is 12. The average molecular weight is 589 g/mol. The molecule has 1 aromatic carbocycles. The fraction of sp³-hybridized carbons (Fsp3) is 0.462. The number of rotatable bonds is 15. The van der Waals surface area contributed by atoms with Gasteiger partial charge in [0.25, 0.3) is 5.91 Å². The molecule has 15 heteroatoms. The molecular formula is C26H37N8O6P. The van der Waals surface area contributed by atoms with Crippen LogP contribution in [0.25, 0.3) is 11.2 Å². The van der Waals surface area contributed by atoms with Gasteiger partial charge in [0.05, 0.1) is 37.8 Å². The second kappa shape index (κ2) is 13.7. The number of anilines is 3. The van der Waals surface area contributed by atoms with Gasteiger partial charge in [0.2, 0.25) is 5.95 Å². The van der Waals surface area contributed by atoms with Crippen molar-refractivity contribution in [3.63, 3.8) is 0 Å². The monoisotopic (exact) mass is 588 g/mol. The van der Waals surface area contributed by atoms with Crippen LogP contribution in [0, 0.1) is 5.41 Å². The zero-order chi connectivity index (χ0) is 30.2. The zero-order valence-corrected chi connectivity index (χ0v) is 24.5. The van der Waals surface area contributed by atoms with Gasteiger partial charge in [-0.25, -0.2) is 14.8 Å². The number of nitrogens with two attached hydrogens (primary N) is 2. The third-order valence-corrected chi connectivity index (χ3v) is 8.27. The van der Waals surface area contributed by atoms with Gasteiger partial charge in [0.15, 0.2) is 17.0 Å². The van der Waals surface area contributed by atoms with Crippen LogP contribution in [0.15, 0.2) is 30.5 Å². The van der Waals surface area contributed by atoms with E-state index in [0.29, 0.717) is 41.1 Å². The number of nitrogens with one attached hydrogen (secondary N) is 2. The van der Waals surface area contributed by atoms with Crippen LogP contribution in [0.1, 0.15) is 56.6 Å². The SMILES string of the molecule is CCOP(=O)(CCC(C)(C)C[C@H](NC(=O)c1ccc(NCc2cnc3nc(N)nc(N)c3n2)cc1)C(=O)O)OCC. The number of nitrogen functional groups attached to an aromatic ring is 2. The molecule has 3 rings (SSSR count). The lowest BCUT2D eigenvalue weighted by atomic mass is 9.83. The quantitative estimate of drug-likeness (QED) is 0.161. The number of carboxylic acids is 1. The number of hydrogen-bond donors (Lipinski definition) is 5. The maximum Gasteiger partial charge on any atom is 0.330 e. The molecule has 0 spiro atoms. The highest BCUT2D eigenvalue weighted by atomic mass is 31.2. The summed E-state index contributed by atoms with van der Waals surface area (Å²) in [5.41, 5.74) is 13.1. The van der Waals surface area contributed by atoms with Crippen LogP contribution in [0.5, 0.6) is 0 Å². The minimum Gasteiger partial charge on any atom is -0.480 e. The van der Waals surface area contributed by atoms with Crippen LogP contribution in [-0.2, 0) is 25.0 Å². The maximum absolute atomic E-state index is 12.9. The lowest BCUT2D eigenvalue weighted by molar-refractivity contribution is -0.140. The summed E-state index contributed by atoms with van der Waals surface area (Å²) in [6, 6.07) is 5.42. The lowest BCUT2D eigenvalue weighted by Crippen LogP contribution is -2.43. The van der Waals surface area contributed by atoms with Gasteiger partial charge in [-0.2, -0.15) is 9.97 Å². The molecule has 1 amide bonds. The van der Waals surface area contributed by atoms with Gasteiger partial charge < -0.3 is 36.3 Å². The number of aromatic nitrogens is 4. The number of carbonyl (C=O) groups excluding carboxylic acids is 1. The summed E-state index contributed by atoms with van der Waals surface area (Å²) in [6.07, 6.45) is 2.21. The average Bonchev–Trinajstić information content (AvgIpc) is 2.91. The predicted octanol–water partition coefficient (Wildman–Crippen LogP) is 3.45. The predicted molar refractivity (Wildman–Crippen MR) is 155 cm³/mol. The van der Waals surface area contributed by atoms with Crippen LogP contribution in [0.3, 0.4) is 0 Å². The minimum atomic E-state index is -3.27. The van der Waals surface area contributed by atoms with Gasteiger partial charge in [-0.1, -0.05) is 13.8 Å². The number of aliphatic carboxylic acids is 1. The van der Waals surface area contributed by atoms with Crippen LogP contribution in [0.4, 0.5) is 17.5 Å². The minimum absolute atomic E-state index is 0.0178. The second-order valence-electron chi connectivity index (χ2n) is 10.1. The Balaban J connectivity index is 1.59. The molecule has 0 saturated carbocycles. The van der Waals surface area contributed by atoms with Crippen molar-refractivity contribution in [1.29, 1.82) is 0 Å². The topological polar surface area (TPSA) is 218 Å². The Morgan fingerprint density at radius 3 is 2.34 bits per heavy atom. The van der Waals surface area contributed by atoms with Crippen molar-refractivity contribution < 1.29 is 28.3 Å². The molecule has 0 unspecified atom stereocenters. The molecule has 2 aromatic heterocycles. The highest BCUT2D eigenvalue weighted by molar-refractivity contribution is 7.53. The van der Waals surface area contributed by atoms with Gasteiger partial charge in [-0.15, -0.1) is 0 Å². The summed E-state index contributed by atoms with van der Waals surface area (Å²) in [7, 11) is -3.27. The summed E-state index contributed by atoms with van der Waals surface area (Å²) >= 11 is 0. The summed E-state index contributed by atoms with van der Waals surface area (Å²) in [6.45, 7) is 7.99. The van der Waals surface area contributed by atoms with Gasteiger partial charge in [-0.3, -0.25) is 9.36 Å². The van der Waals surface area contributed by atoms with Gasteiger partial charge >= 0.3 is 13.6 Å². The van der Waals surface area contributed by atoms with E-state index in [1.54, 1.807) is 44.3 Å². The molecule has 0 saturated heterocycles. The lowest BCUT2D eigenvalue weighted by Gasteiger charge is -2.29. The van der Waals surface area contributed by atoms with E-state index < -0.39 is 30.9 Å². The number of carbonyl (C=O) groups is 2. The molecule has 7 N–H and O–H groups in total. The van der Waals surface area contributed by atoms with Crippen LogP contribution >= 0.6 is 7.60 Å². The molecule has 0 fully saturated rings. The Morgan fingerprint density at radius 2 is 1.73 bits per heavy atom. The molecule has 1 atom stereocenters. The second-order valence-corrected chi connectivity index (χ2v) is 12.3. The first-order valence-corrected chi connectivity index (χ1v) is 14.9. The van der Waals surface area contributed by atoms with Gasteiger partial charge in [0, 0.05) is 11.3 Å². The smallest absolute Gasteiger partial charge is 0.330 e. The summed E-state index contributed by atoms with van der Waals surface area (Å²) < 4.78 is 23.5. The van der Waals surface area contributed by atoms with Crippen LogP contribution < -0.4 is 22.1 Å². The molecule has 2 heterocycles. The standard InChI is InChI=1S/C26H37N8O6P/c1-5-39-41(38,40-6-2)12-11-26(3,4)13-19(24(36)37)32-23(35)16-7-9-17(10-8-16)29-14-18-15-30-22-20(31-18)21(27)33-25(28)34-22/h7-10,15,19,29H,5-6,11-14H2,1-4H3,(H,32,35)(H,36,37)(H4,27,28,30,33,34)/t19-/m0/s1. The van der Waals surface area contributed by atoms with E-state index in [-0.39, 0.29) is 37.6 Å². The van der Waals surface area contributed by atoms with E-state index in [2.05, 4.69) is 30.6 Å². The Hall–Kier alpha value is -3.87. The van der Waals surface area contributed by atoms with Gasteiger partial charge in [0.1, 0.15) is 6.04 Å². The first kappa shape index (κ1) is 31.7. The van der Waals surface area contributed by atoms with E-state index in [9.17, 15) is 19.3 Å². The van der Waals surface area contributed by atoms with Crippen LogP contribution in [-0.4, -0.2) is 62.3 Å². The van der Waals surface area contributed by atoms with E-state index in [4.69, 9.17) is 20.5 Å². The molecule has 3 aromatic rings. The Bertz CT molecular complexity index is 1410.